The van der Waals surface area contributed by atoms with Gasteiger partial charge in [-0.15, -0.1) is 0 Å². The van der Waals surface area contributed by atoms with Crippen molar-refractivity contribution >= 4 is 11.8 Å². The van der Waals surface area contributed by atoms with E-state index < -0.39 is 33.7 Å². The van der Waals surface area contributed by atoms with E-state index in [1.165, 1.54) is 24.3 Å². The fourth-order valence-corrected chi connectivity index (χ4v) is 8.41. The van der Waals surface area contributed by atoms with Crippen LogP contribution in [0.2, 0.25) is 0 Å². The van der Waals surface area contributed by atoms with Crippen molar-refractivity contribution in [3.63, 3.8) is 0 Å². The predicted molar refractivity (Wildman–Crippen MR) is 143 cm³/mol. The van der Waals surface area contributed by atoms with Crippen LogP contribution in [0, 0.1) is 16.6 Å². The molecule has 9 heteroatoms. The molecule has 2 bridgehead atoms. The van der Waals surface area contributed by atoms with E-state index in [0.29, 0.717) is 83.2 Å². The molecular formula is C32H35F5N2O2. The molecule has 7 rings (SSSR count). The number of aryl methyl sites for hydroxylation is 1. The van der Waals surface area contributed by atoms with Gasteiger partial charge in [-0.2, -0.15) is 13.2 Å². The Morgan fingerprint density at radius 2 is 1.54 bits per heavy atom. The quantitative estimate of drug-likeness (QED) is 0.419. The molecule has 3 atom stereocenters. The van der Waals surface area contributed by atoms with Crippen LogP contribution >= 0.6 is 0 Å². The fourth-order valence-electron chi connectivity index (χ4n) is 8.41. The highest BCUT2D eigenvalue weighted by atomic mass is 19.4. The summed E-state index contributed by atoms with van der Waals surface area (Å²) in [5, 5.41) is 0. The SMILES string of the molecule is CC(F)(c1ccc2c(c1)CC[C@H]1N(C(=O)C34CCC(C(N)=O)(CC3)CC4)CC[C@@]21Cc1ccc(F)cc1)C(F)(F)F. The van der Waals surface area contributed by atoms with Crippen molar-refractivity contribution in [1.82, 2.24) is 4.90 Å². The molecule has 2 aromatic rings. The van der Waals surface area contributed by atoms with Gasteiger partial charge in [-0.25, -0.2) is 8.78 Å². The largest absolute Gasteiger partial charge is 0.426 e. The number of nitrogens with two attached hydrogens (primary N) is 1. The van der Waals surface area contributed by atoms with Crippen molar-refractivity contribution in [3.05, 3.63) is 70.5 Å². The van der Waals surface area contributed by atoms with Crippen molar-refractivity contribution in [1.29, 1.82) is 0 Å². The third kappa shape index (κ3) is 4.20. The Morgan fingerprint density at radius 3 is 2.12 bits per heavy atom. The second-order valence-corrected chi connectivity index (χ2v) is 13.1. The van der Waals surface area contributed by atoms with Gasteiger partial charge in [0.2, 0.25) is 17.5 Å². The molecule has 4 aliphatic carbocycles. The number of carbonyl (C=O) groups is 2. The Hall–Kier alpha value is -2.97. The zero-order valence-electron chi connectivity index (χ0n) is 23.1. The number of benzene rings is 2. The van der Waals surface area contributed by atoms with Crippen LogP contribution in [0.4, 0.5) is 22.0 Å². The Kier molecular flexibility index (Phi) is 6.36. The van der Waals surface area contributed by atoms with Crippen LogP contribution in [-0.2, 0) is 33.5 Å². The molecule has 4 fully saturated rings. The van der Waals surface area contributed by atoms with Gasteiger partial charge >= 0.3 is 6.18 Å². The number of fused-ring (bicyclic) bond motifs is 6. The molecule has 2 amide bonds. The van der Waals surface area contributed by atoms with E-state index in [1.807, 2.05) is 4.90 Å². The lowest BCUT2D eigenvalue weighted by Gasteiger charge is -2.53. The van der Waals surface area contributed by atoms with Crippen LogP contribution in [0.5, 0.6) is 0 Å². The van der Waals surface area contributed by atoms with Crippen molar-refractivity contribution in [2.45, 2.75) is 94.4 Å². The van der Waals surface area contributed by atoms with Crippen LogP contribution in [0.1, 0.15) is 80.5 Å². The molecule has 2 aromatic carbocycles. The summed E-state index contributed by atoms with van der Waals surface area (Å²) in [6, 6.07) is 10.2. The number of nitrogens with zero attached hydrogens (tertiary/aromatic N) is 1. The summed E-state index contributed by atoms with van der Waals surface area (Å²) in [4.78, 5) is 28.5. The summed E-state index contributed by atoms with van der Waals surface area (Å²) in [5.74, 6) is -0.555. The van der Waals surface area contributed by atoms with Crippen molar-refractivity contribution in [2.24, 2.45) is 16.6 Å². The number of hydrogen-bond acceptors (Lipinski definition) is 2. The van der Waals surface area contributed by atoms with Crippen molar-refractivity contribution < 1.29 is 31.5 Å². The monoisotopic (exact) mass is 574 g/mol. The lowest BCUT2D eigenvalue weighted by atomic mass is 9.53. The molecule has 0 aromatic heterocycles. The van der Waals surface area contributed by atoms with E-state index >= 15 is 0 Å². The summed E-state index contributed by atoms with van der Waals surface area (Å²) in [6.45, 7) is 1.04. The molecule has 0 spiro atoms. The Balaban J connectivity index is 1.37. The third-order valence-corrected chi connectivity index (χ3v) is 11.1. The van der Waals surface area contributed by atoms with Gasteiger partial charge in [-0.05, 0) is 106 Å². The number of carbonyl (C=O) groups excluding carboxylic acids is 2. The van der Waals surface area contributed by atoms with Crippen LogP contribution in [-0.4, -0.2) is 35.5 Å². The molecule has 1 heterocycles. The first-order valence-corrected chi connectivity index (χ1v) is 14.5. The summed E-state index contributed by atoms with van der Waals surface area (Å²) in [7, 11) is 0. The Morgan fingerprint density at radius 1 is 0.927 bits per heavy atom. The molecule has 1 unspecified atom stereocenters. The minimum atomic E-state index is -5.05. The molecule has 3 saturated carbocycles. The zero-order valence-corrected chi connectivity index (χ0v) is 23.1. The molecule has 4 nitrogen and oxygen atoms in total. The average Bonchev–Trinajstić information content (AvgIpc) is 3.33. The van der Waals surface area contributed by atoms with Gasteiger partial charge in [-0.3, -0.25) is 9.59 Å². The second kappa shape index (κ2) is 9.27. The van der Waals surface area contributed by atoms with Gasteiger partial charge in [0.25, 0.3) is 0 Å². The number of primary amides is 1. The maximum absolute atomic E-state index is 14.9. The number of likely N-dealkylation sites (tertiary alicyclic amines) is 1. The third-order valence-electron chi connectivity index (χ3n) is 11.1. The first kappa shape index (κ1) is 28.2. The molecule has 1 saturated heterocycles. The Labute approximate surface area is 236 Å². The predicted octanol–water partition coefficient (Wildman–Crippen LogP) is 6.43. The molecule has 2 N–H and O–H groups in total. The fraction of sp³-hybridized carbons (Fsp3) is 0.562. The molecule has 0 radical (unpaired) electrons. The average molecular weight is 575 g/mol. The number of alkyl halides is 4. The number of rotatable bonds is 5. The molecule has 41 heavy (non-hydrogen) atoms. The highest BCUT2D eigenvalue weighted by Gasteiger charge is 2.60. The number of amides is 2. The van der Waals surface area contributed by atoms with Crippen molar-refractivity contribution in [3.8, 4) is 0 Å². The van der Waals surface area contributed by atoms with Crippen LogP contribution in [0.3, 0.4) is 0 Å². The van der Waals surface area contributed by atoms with E-state index in [2.05, 4.69) is 0 Å². The van der Waals surface area contributed by atoms with Gasteiger partial charge in [0.1, 0.15) is 5.82 Å². The maximum Gasteiger partial charge on any atom is 0.426 e. The van der Waals surface area contributed by atoms with E-state index in [1.54, 1.807) is 18.2 Å². The van der Waals surface area contributed by atoms with Crippen LogP contribution < -0.4 is 5.73 Å². The number of hydrogen-bond donors (Lipinski definition) is 1. The highest BCUT2D eigenvalue weighted by Crippen LogP contribution is 2.59. The van der Waals surface area contributed by atoms with E-state index in [4.69, 9.17) is 5.73 Å². The minimum Gasteiger partial charge on any atom is -0.369 e. The van der Waals surface area contributed by atoms with Crippen molar-refractivity contribution in [2.75, 3.05) is 6.54 Å². The Bertz CT molecular complexity index is 1360. The summed E-state index contributed by atoms with van der Waals surface area (Å²) in [5.41, 5.74) is 2.56. The van der Waals surface area contributed by atoms with Crippen LogP contribution in [0.15, 0.2) is 42.5 Å². The first-order chi connectivity index (χ1) is 19.2. The molecular weight excluding hydrogens is 539 g/mol. The van der Waals surface area contributed by atoms with Gasteiger partial charge in [0.15, 0.2) is 0 Å². The topological polar surface area (TPSA) is 63.4 Å². The van der Waals surface area contributed by atoms with E-state index in [9.17, 15) is 31.5 Å². The van der Waals surface area contributed by atoms with Gasteiger partial charge < -0.3 is 10.6 Å². The van der Waals surface area contributed by atoms with Gasteiger partial charge in [-0.1, -0.05) is 30.3 Å². The second-order valence-electron chi connectivity index (χ2n) is 13.1. The summed E-state index contributed by atoms with van der Waals surface area (Å²) >= 11 is 0. The first-order valence-electron chi connectivity index (χ1n) is 14.5. The smallest absolute Gasteiger partial charge is 0.369 e. The van der Waals surface area contributed by atoms with Crippen LogP contribution in [0.25, 0.3) is 0 Å². The minimum absolute atomic E-state index is 0.0923. The summed E-state index contributed by atoms with van der Waals surface area (Å²) < 4.78 is 69.3. The lowest BCUT2D eigenvalue weighted by molar-refractivity contribution is -0.228. The van der Waals surface area contributed by atoms with E-state index in [-0.39, 0.29) is 23.7 Å². The maximum atomic E-state index is 14.9. The number of halogens is 5. The van der Waals surface area contributed by atoms with Gasteiger partial charge in [0, 0.05) is 28.8 Å². The summed E-state index contributed by atoms with van der Waals surface area (Å²) in [6.07, 6.45) is 0.694. The lowest BCUT2D eigenvalue weighted by Crippen LogP contribution is -2.57. The van der Waals surface area contributed by atoms with Gasteiger partial charge in [0.05, 0.1) is 0 Å². The molecule has 5 aliphatic rings. The molecule has 1 aliphatic heterocycles. The molecule has 220 valence electrons. The normalized spacial score (nSPS) is 32.2. The zero-order chi connectivity index (χ0) is 29.4. The highest BCUT2D eigenvalue weighted by molar-refractivity contribution is 5.87. The standard InChI is InChI=1S/C32H35F5N2O2/c1-28(34,32(35,36)37)22-5-8-24-21(18-22)4-9-25-31(24,19-20-2-6-23(33)7-3-20)16-17-39(25)27(41)30-13-10-29(11-14-30,12-15-30)26(38)40/h2-3,5-8,18,25H,4,9-17,19H2,1H3,(H2,38,40)/t25-,28?,29?,30?,31-/m1/s1. The van der Waals surface area contributed by atoms with E-state index in [0.717, 1.165) is 11.1 Å².